The number of H-pyrrole nitrogens is 1. The Morgan fingerprint density at radius 2 is 2.05 bits per heavy atom. The highest BCUT2D eigenvalue weighted by Crippen LogP contribution is 2.20. The van der Waals surface area contributed by atoms with E-state index in [1.807, 2.05) is 6.07 Å². The topological polar surface area (TPSA) is 86.9 Å². The van der Waals surface area contributed by atoms with Crippen LogP contribution < -0.4 is 10.0 Å². The molecule has 0 unspecified atom stereocenters. The lowest BCUT2D eigenvalue weighted by Gasteiger charge is -2.11. The molecule has 2 aromatic rings. The summed E-state index contributed by atoms with van der Waals surface area (Å²) in [6, 6.07) is 8.63. The van der Waals surface area contributed by atoms with Gasteiger partial charge in [0.25, 0.3) is 0 Å². The fourth-order valence-electron chi connectivity index (χ4n) is 1.69. The molecule has 7 heteroatoms. The van der Waals surface area contributed by atoms with Crippen LogP contribution in [0.5, 0.6) is 0 Å². The molecule has 0 bridgehead atoms. The second kappa shape index (κ2) is 5.85. The first-order chi connectivity index (χ1) is 9.13. The molecule has 0 aliphatic heterocycles. The smallest absolute Gasteiger partial charge is 0.242 e. The predicted octanol–water partition coefficient (Wildman–Crippen LogP) is 1.32. The summed E-state index contributed by atoms with van der Waals surface area (Å²) in [4.78, 5) is 0.247. The summed E-state index contributed by atoms with van der Waals surface area (Å²) >= 11 is 0. The molecule has 0 aliphatic carbocycles. The Balaban J connectivity index is 2.21. The van der Waals surface area contributed by atoms with Crippen molar-refractivity contribution in [2.45, 2.75) is 18.4 Å². The second-order valence-corrected chi connectivity index (χ2v) is 5.67. The second-order valence-electron chi connectivity index (χ2n) is 3.93. The maximum atomic E-state index is 12.0. The number of sulfonamides is 1. The van der Waals surface area contributed by atoms with Crippen LogP contribution in [0.3, 0.4) is 0 Å². The van der Waals surface area contributed by atoms with E-state index in [9.17, 15) is 8.42 Å². The summed E-state index contributed by atoms with van der Waals surface area (Å²) in [7, 11) is -3.47. The van der Waals surface area contributed by atoms with E-state index in [0.29, 0.717) is 18.8 Å². The molecule has 0 saturated carbocycles. The van der Waals surface area contributed by atoms with Gasteiger partial charge in [-0.05, 0) is 18.2 Å². The first kappa shape index (κ1) is 13.6. The van der Waals surface area contributed by atoms with Crippen LogP contribution in [0.25, 0.3) is 0 Å². The van der Waals surface area contributed by atoms with Crippen molar-refractivity contribution in [3.05, 3.63) is 42.2 Å². The highest BCUT2D eigenvalue weighted by molar-refractivity contribution is 7.89. The molecule has 3 N–H and O–H groups in total. The molecule has 1 aromatic carbocycles. The molecule has 102 valence electrons. The van der Waals surface area contributed by atoms with Crippen molar-refractivity contribution in [1.29, 1.82) is 0 Å². The quantitative estimate of drug-likeness (QED) is 0.745. The van der Waals surface area contributed by atoms with Gasteiger partial charge in [0.2, 0.25) is 10.0 Å². The average molecular weight is 280 g/mol. The van der Waals surface area contributed by atoms with E-state index in [0.717, 1.165) is 5.69 Å². The minimum atomic E-state index is -3.47. The number of hydrogen-bond donors (Lipinski definition) is 3. The molecular formula is C12H16N4O2S. The number of rotatable bonds is 6. The molecular weight excluding hydrogens is 264 g/mol. The molecule has 0 atom stereocenters. The largest absolute Gasteiger partial charge is 0.378 e. The fourth-order valence-corrected chi connectivity index (χ4v) is 2.91. The summed E-state index contributed by atoms with van der Waals surface area (Å²) in [6.07, 6.45) is 1.65. The average Bonchev–Trinajstić information content (AvgIpc) is 2.90. The molecule has 19 heavy (non-hydrogen) atoms. The van der Waals surface area contributed by atoms with Gasteiger partial charge >= 0.3 is 0 Å². The number of aromatic nitrogens is 2. The molecule has 0 aliphatic rings. The summed E-state index contributed by atoms with van der Waals surface area (Å²) in [5.74, 6) is 0. The molecule has 0 saturated heterocycles. The lowest BCUT2D eigenvalue weighted by atomic mass is 10.3. The highest BCUT2D eigenvalue weighted by atomic mass is 32.2. The van der Waals surface area contributed by atoms with Crippen LogP contribution in [-0.2, 0) is 16.6 Å². The number of hydrogen-bond acceptors (Lipinski definition) is 4. The molecule has 1 aromatic heterocycles. The van der Waals surface area contributed by atoms with E-state index in [4.69, 9.17) is 0 Å². The van der Waals surface area contributed by atoms with Crippen LogP contribution >= 0.6 is 0 Å². The summed E-state index contributed by atoms with van der Waals surface area (Å²) in [5, 5.41) is 9.74. The number of nitrogens with zero attached hydrogens (tertiary/aromatic N) is 1. The van der Waals surface area contributed by atoms with E-state index in [1.165, 1.54) is 0 Å². The van der Waals surface area contributed by atoms with E-state index >= 15 is 0 Å². The van der Waals surface area contributed by atoms with Gasteiger partial charge in [0.1, 0.15) is 4.90 Å². The van der Waals surface area contributed by atoms with Gasteiger partial charge in [-0.2, -0.15) is 5.10 Å². The maximum Gasteiger partial charge on any atom is 0.242 e. The standard InChI is InChI=1S/C12H16N4O2S/c1-2-15-19(17,18)12-6-4-3-5-11(12)13-9-10-7-8-14-16-10/h3-8,13,15H,2,9H2,1H3,(H,14,16). The molecule has 2 rings (SSSR count). The Hall–Kier alpha value is -1.86. The summed E-state index contributed by atoms with van der Waals surface area (Å²) < 4.78 is 26.6. The van der Waals surface area contributed by atoms with Crippen molar-refractivity contribution in [3.63, 3.8) is 0 Å². The van der Waals surface area contributed by atoms with Crippen molar-refractivity contribution >= 4 is 15.7 Å². The van der Waals surface area contributed by atoms with Crippen molar-refractivity contribution < 1.29 is 8.42 Å². The van der Waals surface area contributed by atoms with Gasteiger partial charge in [-0.1, -0.05) is 19.1 Å². The van der Waals surface area contributed by atoms with Gasteiger partial charge in [0.05, 0.1) is 17.9 Å². The summed E-state index contributed by atoms with van der Waals surface area (Å²) in [6.45, 7) is 2.59. The molecule has 0 fully saturated rings. The zero-order chi connectivity index (χ0) is 13.7. The Morgan fingerprint density at radius 3 is 2.74 bits per heavy atom. The minimum absolute atomic E-state index is 0.247. The Kier molecular flexibility index (Phi) is 4.18. The monoisotopic (exact) mass is 280 g/mol. The molecule has 6 nitrogen and oxygen atoms in total. The van der Waals surface area contributed by atoms with E-state index in [-0.39, 0.29) is 4.90 Å². The fraction of sp³-hybridized carbons (Fsp3) is 0.250. The minimum Gasteiger partial charge on any atom is -0.378 e. The van der Waals surface area contributed by atoms with Crippen molar-refractivity contribution in [1.82, 2.24) is 14.9 Å². The van der Waals surface area contributed by atoms with Gasteiger partial charge in [-0.15, -0.1) is 0 Å². The van der Waals surface area contributed by atoms with Crippen LogP contribution in [0.1, 0.15) is 12.6 Å². The SMILES string of the molecule is CCNS(=O)(=O)c1ccccc1NCc1ccn[nH]1. The third-order valence-electron chi connectivity index (χ3n) is 2.54. The Morgan fingerprint density at radius 1 is 1.26 bits per heavy atom. The lowest BCUT2D eigenvalue weighted by Crippen LogP contribution is -2.24. The first-order valence-corrected chi connectivity index (χ1v) is 7.42. The lowest BCUT2D eigenvalue weighted by molar-refractivity contribution is 0.584. The van der Waals surface area contributed by atoms with Gasteiger partial charge in [-0.3, -0.25) is 5.10 Å². The van der Waals surface area contributed by atoms with Gasteiger partial charge in [0, 0.05) is 12.7 Å². The maximum absolute atomic E-state index is 12.0. The normalized spacial score (nSPS) is 11.4. The number of aromatic amines is 1. The third kappa shape index (κ3) is 3.33. The molecule has 0 spiro atoms. The third-order valence-corrected chi connectivity index (χ3v) is 4.14. The summed E-state index contributed by atoms with van der Waals surface area (Å²) in [5.41, 5.74) is 1.45. The highest BCUT2D eigenvalue weighted by Gasteiger charge is 2.16. The zero-order valence-corrected chi connectivity index (χ0v) is 11.4. The number of benzene rings is 1. The van der Waals surface area contributed by atoms with Gasteiger partial charge < -0.3 is 5.32 Å². The molecule has 0 radical (unpaired) electrons. The molecule has 0 amide bonds. The zero-order valence-electron chi connectivity index (χ0n) is 10.6. The Labute approximate surface area is 112 Å². The first-order valence-electron chi connectivity index (χ1n) is 5.94. The van der Waals surface area contributed by atoms with E-state index in [2.05, 4.69) is 20.2 Å². The number of para-hydroxylation sites is 1. The van der Waals surface area contributed by atoms with Crippen LogP contribution in [0.2, 0.25) is 0 Å². The van der Waals surface area contributed by atoms with Crippen molar-refractivity contribution in [3.8, 4) is 0 Å². The van der Waals surface area contributed by atoms with Crippen LogP contribution in [0.4, 0.5) is 5.69 Å². The van der Waals surface area contributed by atoms with Crippen LogP contribution in [0, 0.1) is 0 Å². The molecule has 1 heterocycles. The van der Waals surface area contributed by atoms with Crippen LogP contribution in [0.15, 0.2) is 41.4 Å². The predicted molar refractivity (Wildman–Crippen MR) is 73.2 cm³/mol. The van der Waals surface area contributed by atoms with Gasteiger partial charge in [0.15, 0.2) is 0 Å². The van der Waals surface area contributed by atoms with Gasteiger partial charge in [-0.25, -0.2) is 13.1 Å². The van der Waals surface area contributed by atoms with Crippen LogP contribution in [-0.4, -0.2) is 25.2 Å². The van der Waals surface area contributed by atoms with Crippen molar-refractivity contribution in [2.75, 3.05) is 11.9 Å². The number of nitrogens with one attached hydrogen (secondary N) is 3. The van der Waals surface area contributed by atoms with E-state index in [1.54, 1.807) is 37.4 Å². The number of anilines is 1. The Bertz CT molecular complexity index is 623. The van der Waals surface area contributed by atoms with Crippen molar-refractivity contribution in [2.24, 2.45) is 0 Å². The van der Waals surface area contributed by atoms with E-state index < -0.39 is 10.0 Å².